The molecular weight excluding hydrogens is 334 g/mol. The van der Waals surface area contributed by atoms with E-state index in [1.165, 1.54) is 6.92 Å². The summed E-state index contributed by atoms with van der Waals surface area (Å²) in [5, 5.41) is 0. The van der Waals surface area contributed by atoms with Crippen molar-refractivity contribution in [1.29, 1.82) is 0 Å². The normalized spacial score (nSPS) is 13.6. The maximum absolute atomic E-state index is 12.9. The quantitative estimate of drug-likeness (QED) is 0.597. The van der Waals surface area contributed by atoms with Gasteiger partial charge in [-0.25, -0.2) is 8.42 Å². The van der Waals surface area contributed by atoms with Gasteiger partial charge >= 0.3 is 12.4 Å². The van der Waals surface area contributed by atoms with E-state index in [0.717, 1.165) is 0 Å². The van der Waals surface area contributed by atoms with E-state index >= 15 is 0 Å². The minimum Gasteiger partial charge on any atom is -0.207 e. The first kappa shape index (κ1) is 17.1. The Morgan fingerprint density at radius 1 is 1.05 bits per heavy atom. The Labute approximate surface area is 114 Å². The first-order valence-corrected chi connectivity index (χ1v) is 7.36. The zero-order chi connectivity index (χ0) is 15.9. The second kappa shape index (κ2) is 5.10. The molecule has 114 valence electrons. The number of rotatable bonds is 2. The van der Waals surface area contributed by atoms with E-state index in [0.29, 0.717) is 6.07 Å². The number of hydrogen-bond acceptors (Lipinski definition) is 2. The van der Waals surface area contributed by atoms with Crippen molar-refractivity contribution in [3.63, 3.8) is 0 Å². The Morgan fingerprint density at radius 3 is 1.85 bits per heavy atom. The van der Waals surface area contributed by atoms with E-state index in [1.54, 1.807) is 0 Å². The summed E-state index contributed by atoms with van der Waals surface area (Å²) in [6, 6.07) is 0.876. The molecule has 10 heteroatoms. The van der Waals surface area contributed by atoms with Crippen LogP contribution in [0.5, 0.6) is 0 Å². The van der Waals surface area contributed by atoms with Crippen molar-refractivity contribution in [1.82, 2.24) is 0 Å². The summed E-state index contributed by atoms with van der Waals surface area (Å²) in [4.78, 5) is -1.54. The van der Waals surface area contributed by atoms with E-state index < -0.39 is 43.0 Å². The van der Waals surface area contributed by atoms with Crippen molar-refractivity contribution in [3.8, 4) is 0 Å². The van der Waals surface area contributed by atoms with E-state index in [9.17, 15) is 34.8 Å². The molecule has 0 fully saturated rings. The van der Waals surface area contributed by atoms with Gasteiger partial charge in [0.2, 0.25) is 0 Å². The molecule has 0 heterocycles. The van der Waals surface area contributed by atoms with Gasteiger partial charge in [-0.15, -0.1) is 0 Å². The van der Waals surface area contributed by atoms with Crippen molar-refractivity contribution < 1.29 is 34.8 Å². The van der Waals surface area contributed by atoms with Gasteiger partial charge in [0.25, 0.3) is 9.05 Å². The highest BCUT2D eigenvalue weighted by Crippen LogP contribution is 2.45. The fourth-order valence-electron chi connectivity index (χ4n) is 1.70. The molecule has 0 spiro atoms. The van der Waals surface area contributed by atoms with Gasteiger partial charge in [0, 0.05) is 10.7 Å². The van der Waals surface area contributed by atoms with Crippen LogP contribution < -0.4 is 0 Å². The van der Waals surface area contributed by atoms with Crippen LogP contribution in [-0.4, -0.2) is 8.42 Å². The third-order valence-corrected chi connectivity index (χ3v) is 3.87. The van der Waals surface area contributed by atoms with E-state index in [-0.39, 0.29) is 12.5 Å². The summed E-state index contributed by atoms with van der Waals surface area (Å²) in [5.41, 5.74) is -4.79. The van der Waals surface area contributed by atoms with Crippen LogP contribution in [0.25, 0.3) is 0 Å². The zero-order valence-electron chi connectivity index (χ0n) is 9.73. The van der Waals surface area contributed by atoms with Crippen LogP contribution in [0.15, 0.2) is 17.0 Å². The Morgan fingerprint density at radius 2 is 1.55 bits per heavy atom. The summed E-state index contributed by atoms with van der Waals surface area (Å²) < 4.78 is 99.0. The van der Waals surface area contributed by atoms with Crippen LogP contribution >= 0.6 is 10.7 Å². The Hall–Kier alpha value is -0.960. The first-order valence-electron chi connectivity index (χ1n) is 5.05. The molecule has 0 amide bonds. The van der Waals surface area contributed by atoms with Crippen molar-refractivity contribution in [2.75, 3.05) is 0 Å². The van der Waals surface area contributed by atoms with Crippen LogP contribution in [0.1, 0.15) is 23.6 Å². The summed E-state index contributed by atoms with van der Waals surface area (Å²) in [5.74, 6) is 0. The number of hydrogen-bond donors (Lipinski definition) is 0. The van der Waals surface area contributed by atoms with Gasteiger partial charge in [-0.2, -0.15) is 26.3 Å². The predicted octanol–water partition coefficient (Wildman–Crippen LogP) is 4.21. The molecule has 0 bridgehead atoms. The van der Waals surface area contributed by atoms with E-state index in [4.69, 9.17) is 10.7 Å². The standard InChI is InChI=1S/C10H7ClF6O2S/c1-2-5-3-4-6(9(12,13)14)7(10(15,16)17)8(5)20(11,18)19/h3-4H,2H2,1H3. The Bertz CT molecular complexity index is 618. The van der Waals surface area contributed by atoms with Crippen molar-refractivity contribution >= 4 is 19.7 Å². The lowest BCUT2D eigenvalue weighted by Gasteiger charge is -2.19. The summed E-state index contributed by atoms with van der Waals surface area (Å²) in [7, 11) is -0.109. The molecule has 0 aliphatic rings. The fraction of sp³-hybridized carbons (Fsp3) is 0.400. The molecule has 1 rings (SSSR count). The molecule has 0 atom stereocenters. The number of halogens is 7. The molecule has 1 aromatic carbocycles. The SMILES string of the molecule is CCc1ccc(C(F)(F)F)c(C(F)(F)F)c1S(=O)(=O)Cl. The molecule has 0 aliphatic heterocycles. The largest absolute Gasteiger partial charge is 0.418 e. The van der Waals surface area contributed by atoms with Gasteiger partial charge in [0.15, 0.2) is 0 Å². The molecule has 1 aromatic rings. The summed E-state index contributed by atoms with van der Waals surface area (Å²) >= 11 is 0. The highest BCUT2D eigenvalue weighted by Gasteiger charge is 2.47. The first-order chi connectivity index (χ1) is 8.80. The number of aryl methyl sites for hydroxylation is 1. The average Bonchev–Trinajstić information content (AvgIpc) is 2.23. The van der Waals surface area contributed by atoms with Gasteiger partial charge in [0.1, 0.15) is 0 Å². The predicted molar refractivity (Wildman–Crippen MR) is 58.9 cm³/mol. The van der Waals surface area contributed by atoms with Gasteiger partial charge in [0.05, 0.1) is 16.0 Å². The van der Waals surface area contributed by atoms with Crippen LogP contribution in [0, 0.1) is 0 Å². The molecule has 20 heavy (non-hydrogen) atoms. The molecule has 0 saturated heterocycles. The highest BCUT2D eigenvalue weighted by molar-refractivity contribution is 8.13. The van der Waals surface area contributed by atoms with Crippen molar-refractivity contribution in [2.45, 2.75) is 30.6 Å². The number of benzene rings is 1. The topological polar surface area (TPSA) is 34.1 Å². The molecule has 0 unspecified atom stereocenters. The lowest BCUT2D eigenvalue weighted by molar-refractivity contribution is -0.163. The lowest BCUT2D eigenvalue weighted by Crippen LogP contribution is -2.21. The second-order valence-corrected chi connectivity index (χ2v) is 6.27. The molecular formula is C10H7ClF6O2S. The van der Waals surface area contributed by atoms with Gasteiger partial charge in [-0.05, 0) is 18.1 Å². The third-order valence-electron chi connectivity index (χ3n) is 2.45. The highest BCUT2D eigenvalue weighted by atomic mass is 35.7. The summed E-state index contributed by atoms with van der Waals surface area (Å²) in [6.45, 7) is 1.30. The minimum atomic E-state index is -5.51. The molecule has 0 radical (unpaired) electrons. The molecule has 0 saturated carbocycles. The monoisotopic (exact) mass is 340 g/mol. The Balaban J connectivity index is 3.97. The smallest absolute Gasteiger partial charge is 0.207 e. The zero-order valence-corrected chi connectivity index (χ0v) is 11.3. The molecule has 0 aromatic heterocycles. The maximum Gasteiger partial charge on any atom is 0.418 e. The second-order valence-electron chi connectivity index (χ2n) is 3.76. The molecule has 0 N–H and O–H groups in total. The van der Waals surface area contributed by atoms with Crippen LogP contribution in [0.3, 0.4) is 0 Å². The number of alkyl halides is 6. The van der Waals surface area contributed by atoms with Gasteiger partial charge < -0.3 is 0 Å². The van der Waals surface area contributed by atoms with Crippen molar-refractivity contribution in [2.24, 2.45) is 0 Å². The van der Waals surface area contributed by atoms with Crippen molar-refractivity contribution in [3.05, 3.63) is 28.8 Å². The molecule has 0 aliphatic carbocycles. The minimum absolute atomic E-state index is 0.202. The summed E-state index contributed by atoms with van der Waals surface area (Å²) in [6.07, 6.45) is -11.1. The van der Waals surface area contributed by atoms with Gasteiger partial charge in [-0.3, -0.25) is 0 Å². The van der Waals surface area contributed by atoms with Crippen LogP contribution in [0.2, 0.25) is 0 Å². The van der Waals surface area contributed by atoms with E-state index in [2.05, 4.69) is 0 Å². The van der Waals surface area contributed by atoms with Gasteiger partial charge in [-0.1, -0.05) is 13.0 Å². The molecule has 2 nitrogen and oxygen atoms in total. The Kier molecular flexibility index (Phi) is 4.36. The maximum atomic E-state index is 12.9. The van der Waals surface area contributed by atoms with Crippen LogP contribution in [0.4, 0.5) is 26.3 Å². The lowest BCUT2D eigenvalue weighted by atomic mass is 10.0. The average molecular weight is 341 g/mol. The van der Waals surface area contributed by atoms with Crippen LogP contribution in [-0.2, 0) is 27.8 Å². The fourth-order valence-corrected chi connectivity index (χ4v) is 3.22. The van der Waals surface area contributed by atoms with E-state index in [1.807, 2.05) is 0 Å². The third kappa shape index (κ3) is 3.38.